The zero-order chi connectivity index (χ0) is 15.5. The van der Waals surface area contributed by atoms with Gasteiger partial charge >= 0.3 is 0 Å². The van der Waals surface area contributed by atoms with Gasteiger partial charge in [-0.05, 0) is 55.8 Å². The summed E-state index contributed by atoms with van der Waals surface area (Å²) in [5.41, 5.74) is 6.85. The second-order valence-corrected chi connectivity index (χ2v) is 8.46. The van der Waals surface area contributed by atoms with Crippen molar-refractivity contribution in [3.63, 3.8) is 0 Å². The van der Waals surface area contributed by atoms with Gasteiger partial charge in [0.25, 0.3) is 0 Å². The Morgan fingerprint density at radius 2 is 1.86 bits per heavy atom. The maximum Gasteiger partial charge on any atom is 0.0443 e. The molecule has 124 valence electrons. The Morgan fingerprint density at radius 3 is 2.38 bits per heavy atom. The van der Waals surface area contributed by atoms with Gasteiger partial charge in [0.05, 0.1) is 0 Å². The normalized spacial score (nSPS) is 31.4. The summed E-state index contributed by atoms with van der Waals surface area (Å²) in [5.74, 6) is 1.45. The average molecular weight is 296 g/mol. The molecule has 3 atom stereocenters. The third-order valence-electron chi connectivity index (χ3n) is 5.93. The predicted molar refractivity (Wildman–Crippen MR) is 89.2 cm³/mol. The monoisotopic (exact) mass is 296 g/mol. The molecule has 0 radical (unpaired) electrons. The fraction of sp³-hybridized carbons (Fsp3) is 1.00. The molecule has 3 N–H and O–H groups in total. The Hall–Kier alpha value is -0.120. The van der Waals surface area contributed by atoms with E-state index in [2.05, 4.69) is 25.7 Å². The van der Waals surface area contributed by atoms with E-state index in [-0.39, 0.29) is 0 Å². The minimum Gasteiger partial charge on any atom is -0.396 e. The first kappa shape index (κ1) is 17.2. The molecule has 3 heteroatoms. The van der Waals surface area contributed by atoms with Gasteiger partial charge in [0.2, 0.25) is 0 Å². The van der Waals surface area contributed by atoms with Crippen molar-refractivity contribution in [2.75, 3.05) is 19.7 Å². The number of hydrogen-bond acceptors (Lipinski definition) is 3. The SMILES string of the molecule is CC(C)(C)C1CCC(N)C(CN(CCCO)C2CCC2)C1. The predicted octanol–water partition coefficient (Wildman–Crippen LogP) is 3.01. The van der Waals surface area contributed by atoms with Crippen LogP contribution in [0.25, 0.3) is 0 Å². The van der Waals surface area contributed by atoms with Gasteiger partial charge in [-0.25, -0.2) is 0 Å². The smallest absolute Gasteiger partial charge is 0.0443 e. The molecular formula is C18H36N2O. The summed E-state index contributed by atoms with van der Waals surface area (Å²) in [6, 6.07) is 1.14. The van der Waals surface area contributed by atoms with Gasteiger partial charge in [0.1, 0.15) is 0 Å². The van der Waals surface area contributed by atoms with Crippen LogP contribution in [0.5, 0.6) is 0 Å². The second-order valence-electron chi connectivity index (χ2n) is 8.46. The molecule has 3 nitrogen and oxygen atoms in total. The summed E-state index contributed by atoms with van der Waals surface area (Å²) in [6.07, 6.45) is 8.73. The lowest BCUT2D eigenvalue weighted by Crippen LogP contribution is -2.49. The van der Waals surface area contributed by atoms with Gasteiger partial charge in [0, 0.05) is 31.8 Å². The maximum absolute atomic E-state index is 9.14. The first-order valence-corrected chi connectivity index (χ1v) is 9.02. The van der Waals surface area contributed by atoms with Gasteiger partial charge < -0.3 is 10.8 Å². The quantitative estimate of drug-likeness (QED) is 0.792. The van der Waals surface area contributed by atoms with Crippen molar-refractivity contribution in [2.24, 2.45) is 23.0 Å². The molecule has 0 aromatic heterocycles. The van der Waals surface area contributed by atoms with Crippen LogP contribution in [0, 0.1) is 17.3 Å². The van der Waals surface area contributed by atoms with Crippen molar-refractivity contribution in [1.82, 2.24) is 4.90 Å². The van der Waals surface area contributed by atoms with Crippen molar-refractivity contribution < 1.29 is 5.11 Å². The summed E-state index contributed by atoms with van der Waals surface area (Å²) in [7, 11) is 0. The van der Waals surface area contributed by atoms with E-state index >= 15 is 0 Å². The molecular weight excluding hydrogens is 260 g/mol. The van der Waals surface area contributed by atoms with Crippen molar-refractivity contribution >= 4 is 0 Å². The number of nitrogens with two attached hydrogens (primary N) is 1. The highest BCUT2D eigenvalue weighted by atomic mass is 16.3. The summed E-state index contributed by atoms with van der Waals surface area (Å²) in [5, 5.41) is 9.14. The van der Waals surface area contributed by atoms with Crippen LogP contribution in [-0.4, -0.2) is 41.8 Å². The van der Waals surface area contributed by atoms with E-state index in [1.807, 2.05) is 0 Å². The Labute approximate surface area is 131 Å². The fourth-order valence-corrected chi connectivity index (χ4v) is 4.03. The summed E-state index contributed by atoms with van der Waals surface area (Å²) in [6.45, 7) is 9.64. The second kappa shape index (κ2) is 7.43. The molecule has 21 heavy (non-hydrogen) atoms. The molecule has 0 spiro atoms. The van der Waals surface area contributed by atoms with Crippen molar-refractivity contribution in [3.8, 4) is 0 Å². The highest BCUT2D eigenvalue weighted by Crippen LogP contribution is 2.40. The van der Waals surface area contributed by atoms with E-state index in [1.54, 1.807) is 0 Å². The lowest BCUT2D eigenvalue weighted by Gasteiger charge is -2.45. The topological polar surface area (TPSA) is 49.5 Å². The highest BCUT2D eigenvalue weighted by molar-refractivity contribution is 4.90. The molecule has 0 aromatic rings. The number of aliphatic hydroxyl groups excluding tert-OH is 1. The van der Waals surface area contributed by atoms with Crippen LogP contribution in [-0.2, 0) is 0 Å². The lowest BCUT2D eigenvalue weighted by atomic mass is 9.67. The first-order valence-electron chi connectivity index (χ1n) is 9.02. The molecule has 0 bridgehead atoms. The third kappa shape index (κ3) is 4.67. The van der Waals surface area contributed by atoms with Crippen LogP contribution >= 0.6 is 0 Å². The molecule has 0 heterocycles. The van der Waals surface area contributed by atoms with Gasteiger partial charge in [0.15, 0.2) is 0 Å². The molecule has 2 rings (SSSR count). The Morgan fingerprint density at radius 1 is 1.14 bits per heavy atom. The molecule has 3 unspecified atom stereocenters. The lowest BCUT2D eigenvalue weighted by molar-refractivity contribution is 0.0574. The Balaban J connectivity index is 1.93. The van der Waals surface area contributed by atoms with E-state index in [0.29, 0.717) is 24.0 Å². The van der Waals surface area contributed by atoms with Crippen LogP contribution in [0.4, 0.5) is 0 Å². The zero-order valence-corrected chi connectivity index (χ0v) is 14.4. The molecule has 2 aliphatic carbocycles. The molecule has 2 saturated carbocycles. The van der Waals surface area contributed by atoms with Crippen molar-refractivity contribution in [3.05, 3.63) is 0 Å². The van der Waals surface area contributed by atoms with Gasteiger partial charge in [-0.3, -0.25) is 4.90 Å². The maximum atomic E-state index is 9.14. The summed E-state index contributed by atoms with van der Waals surface area (Å²) >= 11 is 0. The average Bonchev–Trinajstić information content (AvgIpc) is 2.34. The van der Waals surface area contributed by atoms with Crippen LogP contribution < -0.4 is 5.73 Å². The van der Waals surface area contributed by atoms with Crippen LogP contribution in [0.15, 0.2) is 0 Å². The summed E-state index contributed by atoms with van der Waals surface area (Å²) in [4.78, 5) is 2.63. The van der Waals surface area contributed by atoms with Gasteiger partial charge in [-0.15, -0.1) is 0 Å². The number of rotatable bonds is 6. The van der Waals surface area contributed by atoms with E-state index in [0.717, 1.165) is 31.5 Å². The largest absolute Gasteiger partial charge is 0.396 e. The minimum absolute atomic E-state index is 0.310. The Bertz CT molecular complexity index is 309. The van der Waals surface area contributed by atoms with Crippen LogP contribution in [0.2, 0.25) is 0 Å². The molecule has 0 aliphatic heterocycles. The van der Waals surface area contributed by atoms with E-state index in [1.165, 1.54) is 38.5 Å². The van der Waals surface area contributed by atoms with Crippen molar-refractivity contribution in [2.45, 2.75) is 77.8 Å². The number of nitrogens with zero attached hydrogens (tertiary/aromatic N) is 1. The first-order chi connectivity index (χ1) is 9.91. The number of aliphatic hydroxyl groups is 1. The van der Waals surface area contributed by atoms with Crippen LogP contribution in [0.3, 0.4) is 0 Å². The summed E-state index contributed by atoms with van der Waals surface area (Å²) < 4.78 is 0. The Kier molecular flexibility index (Phi) is 6.10. The van der Waals surface area contributed by atoms with E-state index in [4.69, 9.17) is 10.8 Å². The van der Waals surface area contributed by atoms with E-state index < -0.39 is 0 Å². The van der Waals surface area contributed by atoms with Gasteiger partial charge in [-0.2, -0.15) is 0 Å². The molecule has 2 fully saturated rings. The fourth-order valence-electron chi connectivity index (χ4n) is 4.03. The molecule has 0 amide bonds. The minimum atomic E-state index is 0.310. The highest BCUT2D eigenvalue weighted by Gasteiger charge is 2.36. The third-order valence-corrected chi connectivity index (χ3v) is 5.93. The van der Waals surface area contributed by atoms with Crippen LogP contribution in [0.1, 0.15) is 65.7 Å². The molecule has 0 aromatic carbocycles. The zero-order valence-electron chi connectivity index (χ0n) is 14.4. The van der Waals surface area contributed by atoms with Crippen molar-refractivity contribution in [1.29, 1.82) is 0 Å². The van der Waals surface area contributed by atoms with E-state index in [9.17, 15) is 0 Å². The number of hydrogen-bond donors (Lipinski definition) is 2. The molecule has 2 aliphatic rings. The standard InChI is InChI=1S/C18H36N2O/c1-18(2,3)15-8-9-17(19)14(12-15)13-20(10-5-11-21)16-6-4-7-16/h14-17,21H,4-13,19H2,1-3H3. The molecule has 0 saturated heterocycles. The van der Waals surface area contributed by atoms with Gasteiger partial charge in [-0.1, -0.05) is 27.2 Å².